The van der Waals surface area contributed by atoms with E-state index < -0.39 is 10.0 Å². The van der Waals surface area contributed by atoms with Gasteiger partial charge in [-0.3, -0.25) is 13.9 Å². The molecule has 0 aliphatic rings. The summed E-state index contributed by atoms with van der Waals surface area (Å²) in [5.41, 5.74) is 3.41. The molecule has 4 aromatic rings. The van der Waals surface area contributed by atoms with E-state index in [0.29, 0.717) is 28.9 Å². The third-order valence-corrected chi connectivity index (χ3v) is 6.70. The first kappa shape index (κ1) is 20.7. The molecule has 0 fully saturated rings. The van der Waals surface area contributed by atoms with Gasteiger partial charge in [-0.2, -0.15) is 0 Å². The molecule has 0 atom stereocenters. The van der Waals surface area contributed by atoms with Crippen LogP contribution in [0, 0.1) is 0 Å². The molecule has 0 aliphatic carbocycles. The highest BCUT2D eigenvalue weighted by molar-refractivity contribution is 7.92. The summed E-state index contributed by atoms with van der Waals surface area (Å²) in [5, 5.41) is 0. The monoisotopic (exact) mass is 437 g/mol. The Hall–Kier alpha value is -3.52. The Morgan fingerprint density at radius 3 is 2.32 bits per heavy atom. The van der Waals surface area contributed by atoms with Gasteiger partial charge in [0.25, 0.3) is 10.0 Å². The maximum atomic E-state index is 13.0. The van der Waals surface area contributed by atoms with Gasteiger partial charge in [-0.1, -0.05) is 30.3 Å². The number of rotatable bonds is 6. The average Bonchev–Trinajstić information content (AvgIpc) is 2.98. The molecule has 160 valence electrons. The fourth-order valence-corrected chi connectivity index (χ4v) is 4.73. The number of sulfonamides is 1. The topological polar surface area (TPSA) is 82.3 Å². The number of nitrogens with zero attached hydrogens (tertiary/aromatic N) is 2. The zero-order valence-corrected chi connectivity index (χ0v) is 18.3. The Morgan fingerprint density at radius 1 is 0.903 bits per heavy atom. The number of imidazole rings is 1. The van der Waals surface area contributed by atoms with E-state index in [4.69, 9.17) is 4.74 Å². The summed E-state index contributed by atoms with van der Waals surface area (Å²) in [6.07, 6.45) is 0.609. The number of hydrogen-bond acceptors (Lipinski definition) is 4. The van der Waals surface area contributed by atoms with Crippen molar-refractivity contribution >= 4 is 26.7 Å². The minimum Gasteiger partial charge on any atom is -0.496 e. The van der Waals surface area contributed by atoms with Crippen molar-refractivity contribution in [2.45, 2.75) is 11.3 Å². The first-order valence-electron chi connectivity index (χ1n) is 9.69. The number of aromatic nitrogens is 2. The number of ether oxygens (including phenoxy) is 1. The van der Waals surface area contributed by atoms with Gasteiger partial charge >= 0.3 is 5.69 Å². The predicted octanol–water partition coefficient (Wildman–Crippen LogP) is 3.28. The van der Waals surface area contributed by atoms with E-state index in [9.17, 15) is 13.2 Å². The molecule has 31 heavy (non-hydrogen) atoms. The minimum atomic E-state index is -3.85. The Morgan fingerprint density at radius 2 is 1.61 bits per heavy atom. The summed E-state index contributed by atoms with van der Waals surface area (Å²) in [5.74, 6) is 0.688. The molecule has 0 radical (unpaired) electrons. The fourth-order valence-electron chi connectivity index (χ4n) is 3.66. The number of methoxy groups -OCH3 is 1. The molecule has 7 nitrogen and oxygen atoms in total. The lowest BCUT2D eigenvalue weighted by molar-refractivity contribution is 0.410. The number of hydrogen-bond donors (Lipinski definition) is 1. The molecule has 0 amide bonds. The maximum Gasteiger partial charge on any atom is 0.328 e. The molecular weight excluding hydrogens is 414 g/mol. The zero-order valence-electron chi connectivity index (χ0n) is 17.5. The molecule has 0 saturated carbocycles. The Balaban J connectivity index is 1.68. The van der Waals surface area contributed by atoms with Crippen molar-refractivity contribution in [3.8, 4) is 5.75 Å². The quantitative estimate of drug-likeness (QED) is 0.502. The van der Waals surface area contributed by atoms with Crippen LogP contribution in [0.25, 0.3) is 11.0 Å². The molecule has 8 heteroatoms. The van der Waals surface area contributed by atoms with Crippen molar-refractivity contribution in [1.29, 1.82) is 0 Å². The van der Waals surface area contributed by atoms with Crippen LogP contribution in [0.4, 0.5) is 5.69 Å². The van der Waals surface area contributed by atoms with Gasteiger partial charge in [0.1, 0.15) is 5.75 Å². The highest BCUT2D eigenvalue weighted by Gasteiger charge is 2.18. The molecule has 3 aromatic carbocycles. The maximum absolute atomic E-state index is 13.0. The predicted molar refractivity (Wildman–Crippen MR) is 121 cm³/mol. The number of benzene rings is 3. The molecule has 1 heterocycles. The van der Waals surface area contributed by atoms with Crippen molar-refractivity contribution in [2.24, 2.45) is 14.1 Å². The van der Waals surface area contributed by atoms with E-state index >= 15 is 0 Å². The van der Waals surface area contributed by atoms with Crippen LogP contribution in [-0.2, 0) is 30.5 Å². The van der Waals surface area contributed by atoms with Crippen LogP contribution >= 0.6 is 0 Å². The van der Waals surface area contributed by atoms with Gasteiger partial charge in [-0.25, -0.2) is 13.2 Å². The summed E-state index contributed by atoms with van der Waals surface area (Å²) in [6, 6.07) is 19.7. The van der Waals surface area contributed by atoms with E-state index in [1.807, 2.05) is 30.3 Å². The van der Waals surface area contributed by atoms with Crippen LogP contribution in [0.1, 0.15) is 11.1 Å². The first-order chi connectivity index (χ1) is 14.8. The summed E-state index contributed by atoms with van der Waals surface area (Å²) < 4.78 is 37.1. The lowest BCUT2D eigenvalue weighted by Gasteiger charge is -2.13. The lowest BCUT2D eigenvalue weighted by Crippen LogP contribution is -2.19. The molecule has 1 aromatic heterocycles. The van der Waals surface area contributed by atoms with Crippen LogP contribution in [-0.4, -0.2) is 24.7 Å². The fraction of sp³-hybridized carbons (Fsp3) is 0.174. The van der Waals surface area contributed by atoms with Gasteiger partial charge in [0.15, 0.2) is 0 Å². The molecule has 0 bridgehead atoms. The summed E-state index contributed by atoms with van der Waals surface area (Å²) >= 11 is 0. The molecule has 0 spiro atoms. The Labute approximate surface area is 180 Å². The largest absolute Gasteiger partial charge is 0.496 e. The van der Waals surface area contributed by atoms with Gasteiger partial charge in [0.05, 0.1) is 23.0 Å². The van der Waals surface area contributed by atoms with Crippen molar-refractivity contribution in [3.63, 3.8) is 0 Å². The second kappa shape index (κ2) is 7.96. The van der Waals surface area contributed by atoms with Crippen molar-refractivity contribution in [1.82, 2.24) is 9.13 Å². The second-order valence-electron chi connectivity index (χ2n) is 7.35. The normalized spacial score (nSPS) is 11.6. The lowest BCUT2D eigenvalue weighted by atomic mass is 10.0. The highest BCUT2D eigenvalue weighted by atomic mass is 32.2. The Bertz CT molecular complexity index is 1420. The van der Waals surface area contributed by atoms with E-state index in [0.717, 1.165) is 11.1 Å². The highest BCUT2D eigenvalue weighted by Crippen LogP contribution is 2.27. The van der Waals surface area contributed by atoms with Crippen molar-refractivity contribution < 1.29 is 13.2 Å². The van der Waals surface area contributed by atoms with E-state index in [2.05, 4.69) is 4.72 Å². The number of aryl methyl sites for hydroxylation is 2. The number of fused-ring (bicyclic) bond motifs is 1. The smallest absolute Gasteiger partial charge is 0.328 e. The molecule has 0 unspecified atom stereocenters. The molecule has 0 aliphatic heterocycles. The van der Waals surface area contributed by atoms with E-state index in [1.165, 1.54) is 21.3 Å². The van der Waals surface area contributed by atoms with Crippen LogP contribution in [0.3, 0.4) is 0 Å². The third-order valence-electron chi connectivity index (χ3n) is 5.32. The minimum absolute atomic E-state index is 0.0848. The van der Waals surface area contributed by atoms with Gasteiger partial charge in [-0.15, -0.1) is 0 Å². The van der Waals surface area contributed by atoms with Gasteiger partial charge < -0.3 is 4.74 Å². The average molecular weight is 438 g/mol. The number of anilines is 1. The van der Waals surface area contributed by atoms with Crippen LogP contribution in [0.15, 0.2) is 76.4 Å². The molecule has 1 N–H and O–H groups in total. The second-order valence-corrected chi connectivity index (χ2v) is 9.03. The summed E-state index contributed by atoms with van der Waals surface area (Å²) in [4.78, 5) is 12.2. The van der Waals surface area contributed by atoms with Gasteiger partial charge in [0, 0.05) is 31.8 Å². The first-order valence-corrected chi connectivity index (χ1v) is 11.2. The number of nitrogens with one attached hydrogen (secondary N) is 1. The summed E-state index contributed by atoms with van der Waals surface area (Å²) in [6.45, 7) is 0. The van der Waals surface area contributed by atoms with Crippen LogP contribution in [0.2, 0.25) is 0 Å². The standard InChI is InChI=1S/C23H23N3O4S/c1-25-20-11-10-19(15-21(20)26(2)23(25)27)31(28,29)24-18-9-12-22(30-3)17(14-18)13-16-7-5-4-6-8-16/h4-12,14-15,24H,13H2,1-3H3. The van der Waals surface area contributed by atoms with Crippen LogP contribution < -0.4 is 15.1 Å². The SMILES string of the molecule is COc1ccc(NS(=O)(=O)c2ccc3c(c2)n(C)c(=O)n3C)cc1Cc1ccccc1. The van der Waals surface area contributed by atoms with Crippen molar-refractivity contribution in [2.75, 3.05) is 11.8 Å². The molecule has 0 saturated heterocycles. The molecule has 4 rings (SSSR count). The third kappa shape index (κ3) is 3.94. The molecular formula is C23H23N3O4S. The van der Waals surface area contributed by atoms with E-state index in [-0.39, 0.29) is 10.6 Å². The van der Waals surface area contributed by atoms with Crippen molar-refractivity contribution in [3.05, 3.63) is 88.3 Å². The van der Waals surface area contributed by atoms with Gasteiger partial charge in [0.2, 0.25) is 0 Å². The Kier molecular flexibility index (Phi) is 5.32. The van der Waals surface area contributed by atoms with Gasteiger partial charge in [-0.05, 0) is 42.0 Å². The van der Waals surface area contributed by atoms with Crippen LogP contribution in [0.5, 0.6) is 5.75 Å². The summed E-state index contributed by atoms with van der Waals surface area (Å²) in [7, 11) is 1.01. The van der Waals surface area contributed by atoms with E-state index in [1.54, 1.807) is 45.5 Å². The zero-order chi connectivity index (χ0) is 22.2.